The van der Waals surface area contributed by atoms with Gasteiger partial charge in [0.05, 0.1) is 12.7 Å². The van der Waals surface area contributed by atoms with Gasteiger partial charge in [-0.3, -0.25) is 0 Å². The van der Waals surface area contributed by atoms with Crippen molar-refractivity contribution in [3.63, 3.8) is 0 Å². The molecule has 18 heavy (non-hydrogen) atoms. The van der Waals surface area contributed by atoms with Crippen molar-refractivity contribution < 1.29 is 25.2 Å². The second-order valence-electron chi connectivity index (χ2n) is 4.76. The molecular formula is C12H25NO5. The van der Waals surface area contributed by atoms with Crippen molar-refractivity contribution in [1.82, 2.24) is 5.32 Å². The summed E-state index contributed by atoms with van der Waals surface area (Å²) in [7, 11) is 0. The molecule has 6 nitrogen and oxygen atoms in total. The number of hydrogen-bond acceptors (Lipinski definition) is 6. The first-order chi connectivity index (χ1) is 8.66. The Kier molecular flexibility index (Phi) is 7.73. The molecule has 5 N–H and O–H groups in total. The van der Waals surface area contributed by atoms with Gasteiger partial charge in [0.15, 0.2) is 0 Å². The minimum atomic E-state index is -1.21. The Balaban J connectivity index is 2.58. The van der Waals surface area contributed by atoms with Crippen LogP contribution in [0.15, 0.2) is 0 Å². The molecule has 1 aliphatic rings. The third-order valence-electron chi connectivity index (χ3n) is 3.21. The molecule has 0 aromatic rings. The SMILES string of the molecule is OC[C@@H](O)[C@H]1OCCCCCCNC[C@@H](O)[C@H]1O. The van der Waals surface area contributed by atoms with Gasteiger partial charge in [-0.1, -0.05) is 12.8 Å². The van der Waals surface area contributed by atoms with Gasteiger partial charge in [-0.2, -0.15) is 0 Å². The lowest BCUT2D eigenvalue weighted by atomic mass is 10.0. The summed E-state index contributed by atoms with van der Waals surface area (Å²) < 4.78 is 5.40. The summed E-state index contributed by atoms with van der Waals surface area (Å²) in [5, 5.41) is 41.3. The van der Waals surface area contributed by atoms with Gasteiger partial charge in [-0.25, -0.2) is 0 Å². The van der Waals surface area contributed by atoms with Crippen molar-refractivity contribution in [3.05, 3.63) is 0 Å². The van der Waals surface area contributed by atoms with Crippen LogP contribution in [0.1, 0.15) is 25.7 Å². The molecule has 1 fully saturated rings. The van der Waals surface area contributed by atoms with Gasteiger partial charge >= 0.3 is 0 Å². The Hall–Kier alpha value is -0.240. The zero-order valence-corrected chi connectivity index (χ0v) is 10.7. The second kappa shape index (κ2) is 8.79. The van der Waals surface area contributed by atoms with Gasteiger partial charge in [0.2, 0.25) is 0 Å². The molecular weight excluding hydrogens is 238 g/mol. The second-order valence-corrected chi connectivity index (χ2v) is 4.76. The molecule has 0 saturated carbocycles. The molecule has 0 radical (unpaired) electrons. The summed E-state index contributed by atoms with van der Waals surface area (Å²) in [5.74, 6) is 0. The van der Waals surface area contributed by atoms with Crippen LogP contribution in [0.3, 0.4) is 0 Å². The molecule has 6 heteroatoms. The van der Waals surface area contributed by atoms with Crippen molar-refractivity contribution in [2.45, 2.75) is 50.1 Å². The molecule has 4 atom stereocenters. The van der Waals surface area contributed by atoms with Crippen LogP contribution in [0.4, 0.5) is 0 Å². The van der Waals surface area contributed by atoms with E-state index in [1.165, 1.54) is 0 Å². The number of β-amino-alcohol motifs (C(OH)–C–C–N with tert-alkyl or cyclic N) is 1. The van der Waals surface area contributed by atoms with Gasteiger partial charge < -0.3 is 30.5 Å². The molecule has 1 saturated heterocycles. The average molecular weight is 263 g/mol. The summed E-state index contributed by atoms with van der Waals surface area (Å²) in [6.45, 7) is 0.970. The highest BCUT2D eigenvalue weighted by atomic mass is 16.5. The number of rotatable bonds is 2. The smallest absolute Gasteiger partial charge is 0.114 e. The van der Waals surface area contributed by atoms with Crippen LogP contribution in [0.5, 0.6) is 0 Å². The van der Waals surface area contributed by atoms with E-state index in [1.54, 1.807) is 0 Å². The Morgan fingerprint density at radius 2 is 1.89 bits per heavy atom. The predicted octanol–water partition coefficient (Wildman–Crippen LogP) is -1.39. The zero-order valence-electron chi connectivity index (χ0n) is 10.7. The lowest BCUT2D eigenvalue weighted by Gasteiger charge is -2.30. The van der Waals surface area contributed by atoms with E-state index in [-0.39, 0.29) is 6.54 Å². The Morgan fingerprint density at radius 1 is 1.17 bits per heavy atom. The van der Waals surface area contributed by atoms with E-state index in [4.69, 9.17) is 9.84 Å². The van der Waals surface area contributed by atoms with E-state index in [2.05, 4.69) is 5.32 Å². The molecule has 1 heterocycles. The molecule has 0 aliphatic carbocycles. The van der Waals surface area contributed by atoms with Gasteiger partial charge in [0.25, 0.3) is 0 Å². The van der Waals surface area contributed by atoms with Crippen LogP contribution < -0.4 is 5.32 Å². The highest BCUT2D eigenvalue weighted by Crippen LogP contribution is 2.12. The molecule has 0 aromatic carbocycles. The maximum absolute atomic E-state index is 9.94. The molecule has 0 unspecified atom stereocenters. The van der Waals surface area contributed by atoms with Crippen molar-refractivity contribution in [1.29, 1.82) is 0 Å². The van der Waals surface area contributed by atoms with Crippen molar-refractivity contribution in [3.8, 4) is 0 Å². The monoisotopic (exact) mass is 263 g/mol. The molecule has 108 valence electrons. The van der Waals surface area contributed by atoms with Crippen molar-refractivity contribution in [2.24, 2.45) is 0 Å². The highest BCUT2D eigenvalue weighted by Gasteiger charge is 2.32. The lowest BCUT2D eigenvalue weighted by molar-refractivity contribution is -0.142. The van der Waals surface area contributed by atoms with Crippen LogP contribution in [0.25, 0.3) is 0 Å². The molecule has 0 bridgehead atoms. The highest BCUT2D eigenvalue weighted by molar-refractivity contribution is 4.83. The topological polar surface area (TPSA) is 102 Å². The minimum absolute atomic E-state index is 0.249. The van der Waals surface area contributed by atoms with E-state index in [1.807, 2.05) is 0 Å². The van der Waals surface area contributed by atoms with E-state index in [9.17, 15) is 15.3 Å². The standard InChI is InChI=1S/C12H25NO5/c14-8-10(16)12-11(17)9(15)7-13-5-3-1-2-4-6-18-12/h9-17H,1-8H2/t9-,10-,11-,12-/m1/s1. The van der Waals surface area contributed by atoms with Crippen molar-refractivity contribution >= 4 is 0 Å². The third-order valence-corrected chi connectivity index (χ3v) is 3.21. The normalized spacial score (nSPS) is 34.3. The number of hydrogen-bond donors (Lipinski definition) is 5. The first-order valence-corrected chi connectivity index (χ1v) is 6.64. The largest absolute Gasteiger partial charge is 0.394 e. The minimum Gasteiger partial charge on any atom is -0.394 e. The van der Waals surface area contributed by atoms with E-state index >= 15 is 0 Å². The first-order valence-electron chi connectivity index (χ1n) is 6.64. The van der Waals surface area contributed by atoms with Crippen LogP contribution >= 0.6 is 0 Å². The van der Waals surface area contributed by atoms with Gasteiger partial charge in [0.1, 0.15) is 18.3 Å². The fourth-order valence-corrected chi connectivity index (χ4v) is 2.06. The maximum atomic E-state index is 9.94. The Labute approximate surface area is 108 Å². The summed E-state index contributed by atoms with van der Waals surface area (Å²) >= 11 is 0. The molecule has 0 aromatic heterocycles. The van der Waals surface area contributed by atoms with Crippen LogP contribution in [0.2, 0.25) is 0 Å². The maximum Gasteiger partial charge on any atom is 0.114 e. The number of aliphatic hydroxyl groups is 4. The van der Waals surface area contributed by atoms with Crippen LogP contribution in [0, 0.1) is 0 Å². The number of nitrogens with one attached hydrogen (secondary N) is 1. The van der Waals surface area contributed by atoms with E-state index in [0.29, 0.717) is 6.61 Å². The van der Waals surface area contributed by atoms with Crippen LogP contribution in [-0.2, 0) is 4.74 Å². The molecule has 1 aliphatic heterocycles. The lowest BCUT2D eigenvalue weighted by Crippen LogP contribution is -2.50. The summed E-state index contributed by atoms with van der Waals surface area (Å²) in [5.41, 5.74) is 0. The summed E-state index contributed by atoms with van der Waals surface area (Å²) in [6, 6.07) is 0. The first kappa shape index (κ1) is 15.8. The Bertz CT molecular complexity index is 217. The van der Waals surface area contributed by atoms with Gasteiger partial charge in [-0.05, 0) is 19.4 Å². The van der Waals surface area contributed by atoms with Crippen LogP contribution in [-0.4, -0.2) is 71.1 Å². The fraction of sp³-hybridized carbons (Fsp3) is 1.00. The molecule has 0 amide bonds. The number of aliphatic hydroxyl groups excluding tert-OH is 4. The van der Waals surface area contributed by atoms with E-state index in [0.717, 1.165) is 32.2 Å². The fourth-order valence-electron chi connectivity index (χ4n) is 2.06. The van der Waals surface area contributed by atoms with Gasteiger partial charge in [0, 0.05) is 13.2 Å². The quantitative estimate of drug-likeness (QED) is 0.420. The zero-order chi connectivity index (χ0) is 13.4. The average Bonchev–Trinajstić information content (AvgIpc) is 2.38. The molecule has 1 rings (SSSR count). The number of ether oxygens (including phenoxy) is 1. The predicted molar refractivity (Wildman–Crippen MR) is 66.2 cm³/mol. The third kappa shape index (κ3) is 5.17. The summed E-state index contributed by atoms with van der Waals surface area (Å²) in [6.07, 6.45) is -0.369. The molecule has 0 spiro atoms. The Morgan fingerprint density at radius 3 is 2.61 bits per heavy atom. The van der Waals surface area contributed by atoms with Gasteiger partial charge in [-0.15, -0.1) is 0 Å². The van der Waals surface area contributed by atoms with Crippen molar-refractivity contribution in [2.75, 3.05) is 26.3 Å². The summed E-state index contributed by atoms with van der Waals surface area (Å²) in [4.78, 5) is 0. The van der Waals surface area contributed by atoms with E-state index < -0.39 is 31.0 Å².